The number of nitrogens with two attached hydrogens (primary N) is 1. The highest BCUT2D eigenvalue weighted by atomic mass is 15.3. The van der Waals surface area contributed by atoms with Crippen LogP contribution in [0, 0.1) is 0 Å². The first-order chi connectivity index (χ1) is 24.5. The molecule has 2 aliphatic rings. The molecule has 0 spiro atoms. The van der Waals surface area contributed by atoms with Crippen LogP contribution in [0.3, 0.4) is 0 Å². The van der Waals surface area contributed by atoms with E-state index >= 15 is 0 Å². The maximum absolute atomic E-state index is 5.85. The summed E-state index contributed by atoms with van der Waals surface area (Å²) < 4.78 is 5.37. The van der Waals surface area contributed by atoms with E-state index in [2.05, 4.69) is 177 Å². The summed E-state index contributed by atoms with van der Waals surface area (Å²) in [5.74, 6) is 0. The highest BCUT2D eigenvalue weighted by Crippen LogP contribution is 2.48. The van der Waals surface area contributed by atoms with Gasteiger partial charge in [-0.1, -0.05) is 56.3 Å². The molecule has 52 heavy (non-hydrogen) atoms. The van der Waals surface area contributed by atoms with Crippen LogP contribution in [0.25, 0.3) is 0 Å². The molecule has 2 heterocycles. The van der Waals surface area contributed by atoms with Crippen LogP contribution in [0.4, 0.5) is 22.7 Å². The average molecular weight is 707 g/mol. The molecular formula is C46H70N6+4. The summed E-state index contributed by atoms with van der Waals surface area (Å²) in [6.07, 6.45) is 10.4. The quantitative estimate of drug-likeness (QED) is 0.120. The van der Waals surface area contributed by atoms with E-state index in [4.69, 9.17) is 5.73 Å². The molecule has 3 aromatic rings. The number of nitrogens with zero attached hydrogens (tertiary/aromatic N) is 5. The predicted octanol–water partition coefficient (Wildman–Crippen LogP) is 8.36. The van der Waals surface area contributed by atoms with E-state index in [0.717, 1.165) is 78.5 Å². The minimum absolute atomic E-state index is 0.0730. The predicted molar refractivity (Wildman–Crippen MR) is 227 cm³/mol. The van der Waals surface area contributed by atoms with Gasteiger partial charge < -0.3 is 15.1 Å². The Morgan fingerprint density at radius 2 is 1.29 bits per heavy atom. The maximum atomic E-state index is 5.85. The molecule has 0 saturated heterocycles. The third-order valence-corrected chi connectivity index (χ3v) is 12.4. The van der Waals surface area contributed by atoms with Gasteiger partial charge in [0.2, 0.25) is 5.69 Å². The molecule has 0 fully saturated rings. The lowest BCUT2D eigenvalue weighted by Gasteiger charge is -2.32. The van der Waals surface area contributed by atoms with E-state index in [9.17, 15) is 0 Å². The number of anilines is 1. The Hall–Kier alpha value is -3.55. The molecule has 0 radical (unpaired) electrons. The van der Waals surface area contributed by atoms with Gasteiger partial charge in [0.05, 0.1) is 80.3 Å². The number of para-hydroxylation sites is 2. The summed E-state index contributed by atoms with van der Waals surface area (Å²) in [6, 6.07) is 27.3. The molecule has 0 unspecified atom stereocenters. The molecule has 0 aliphatic carbocycles. The highest BCUT2D eigenvalue weighted by Gasteiger charge is 2.44. The summed E-state index contributed by atoms with van der Waals surface area (Å²) in [4.78, 5) is 2.60. The SMILES string of the molecule is CC[N+](C)(C)c1ccc([N+](C)(C)CCCN2C(=CC=CC3=[N+](CCC[N+](C)(C)CCCN)c4ccccc4C3(C)C)C(C)(C)c3ccccc32)cc1. The average Bonchev–Trinajstić information content (AvgIpc) is 3.46. The molecule has 0 saturated carbocycles. The number of rotatable bonds is 16. The van der Waals surface area contributed by atoms with Gasteiger partial charge in [-0.2, -0.15) is 4.58 Å². The number of hydrogen-bond acceptors (Lipinski definition) is 2. The van der Waals surface area contributed by atoms with Gasteiger partial charge >= 0.3 is 0 Å². The lowest BCUT2D eigenvalue weighted by molar-refractivity contribution is -0.891. The largest absolute Gasteiger partial charge is 0.344 e. The third kappa shape index (κ3) is 8.16. The second kappa shape index (κ2) is 15.4. The van der Waals surface area contributed by atoms with Crippen molar-refractivity contribution in [2.75, 3.05) is 93.0 Å². The van der Waals surface area contributed by atoms with E-state index < -0.39 is 0 Å². The minimum Gasteiger partial charge on any atom is -0.344 e. The van der Waals surface area contributed by atoms with Crippen molar-refractivity contribution in [1.82, 2.24) is 8.97 Å². The van der Waals surface area contributed by atoms with Crippen molar-refractivity contribution < 1.29 is 9.06 Å². The Bertz CT molecular complexity index is 1790. The van der Waals surface area contributed by atoms with Gasteiger partial charge in [-0.15, -0.1) is 0 Å². The Labute approximate surface area is 316 Å². The van der Waals surface area contributed by atoms with Crippen molar-refractivity contribution in [2.24, 2.45) is 5.73 Å². The van der Waals surface area contributed by atoms with Crippen LogP contribution in [0.2, 0.25) is 0 Å². The van der Waals surface area contributed by atoms with Gasteiger partial charge in [0, 0.05) is 78.2 Å². The lowest BCUT2D eigenvalue weighted by Crippen LogP contribution is -2.43. The smallest absolute Gasteiger partial charge is 0.209 e. The van der Waals surface area contributed by atoms with E-state index in [1.807, 2.05) is 0 Å². The Kier molecular flexibility index (Phi) is 11.8. The zero-order valence-corrected chi connectivity index (χ0v) is 34.5. The number of quaternary nitrogens is 3. The second-order valence-corrected chi connectivity index (χ2v) is 18.0. The van der Waals surface area contributed by atoms with Crippen molar-refractivity contribution in [3.05, 3.63) is 108 Å². The number of allylic oxidation sites excluding steroid dienone is 4. The Balaban J connectivity index is 1.39. The van der Waals surface area contributed by atoms with Crippen LogP contribution in [0.1, 0.15) is 65.0 Å². The van der Waals surface area contributed by atoms with Gasteiger partial charge in [0.1, 0.15) is 11.4 Å². The number of benzene rings is 3. The molecule has 0 amide bonds. The molecule has 2 N–H and O–H groups in total. The highest BCUT2D eigenvalue weighted by molar-refractivity contribution is 6.03. The fraction of sp³-hybridized carbons (Fsp3) is 0.500. The van der Waals surface area contributed by atoms with Crippen LogP contribution >= 0.6 is 0 Å². The zero-order chi connectivity index (χ0) is 38.0. The first kappa shape index (κ1) is 39.7. The molecule has 5 rings (SSSR count). The minimum atomic E-state index is -0.0863. The standard InChI is InChI=1S/C46H70N6/c1-12-51(8,9)37-27-29-38(30-28-37)52(10,11)36-20-33-49-42-24-16-14-22-40(42)46(4,5)44(49)26-17-25-43-45(2,3)39-21-13-15-23-41(39)48(43)32-19-35-50(6,7)34-18-31-47/h13-17,21-30H,12,18-20,31-36,47H2,1-11H3/q+4. The van der Waals surface area contributed by atoms with Gasteiger partial charge in [0.25, 0.3) is 0 Å². The van der Waals surface area contributed by atoms with E-state index in [-0.39, 0.29) is 10.8 Å². The first-order valence-electron chi connectivity index (χ1n) is 19.8. The van der Waals surface area contributed by atoms with Gasteiger partial charge in [-0.25, -0.2) is 0 Å². The fourth-order valence-corrected chi connectivity index (χ4v) is 8.48. The molecule has 6 nitrogen and oxygen atoms in total. The third-order valence-electron chi connectivity index (χ3n) is 12.4. The van der Waals surface area contributed by atoms with Crippen molar-refractivity contribution in [3.63, 3.8) is 0 Å². The van der Waals surface area contributed by atoms with Crippen molar-refractivity contribution in [3.8, 4) is 0 Å². The van der Waals surface area contributed by atoms with E-state index in [1.54, 1.807) is 0 Å². The lowest BCUT2D eigenvalue weighted by atomic mass is 9.81. The molecule has 0 aromatic heterocycles. The number of fused-ring (bicyclic) bond motifs is 2. The Morgan fingerprint density at radius 3 is 1.94 bits per heavy atom. The molecule has 0 bridgehead atoms. The van der Waals surface area contributed by atoms with Crippen LogP contribution in [0.15, 0.2) is 96.7 Å². The Morgan fingerprint density at radius 1 is 0.692 bits per heavy atom. The molecule has 3 aromatic carbocycles. The zero-order valence-electron chi connectivity index (χ0n) is 34.5. The van der Waals surface area contributed by atoms with Crippen molar-refractivity contribution in [1.29, 1.82) is 0 Å². The maximum Gasteiger partial charge on any atom is 0.209 e. The normalized spacial score (nSPS) is 17.8. The topological polar surface area (TPSA) is 32.3 Å². The molecule has 0 atom stereocenters. The van der Waals surface area contributed by atoms with Crippen LogP contribution in [-0.2, 0) is 10.8 Å². The van der Waals surface area contributed by atoms with E-state index in [1.165, 1.54) is 45.3 Å². The summed E-state index contributed by atoms with van der Waals surface area (Å²) in [5.41, 5.74) is 16.7. The summed E-state index contributed by atoms with van der Waals surface area (Å²) in [6.45, 7) is 19.0. The second-order valence-electron chi connectivity index (χ2n) is 18.0. The molecule has 2 aliphatic heterocycles. The van der Waals surface area contributed by atoms with E-state index in [0.29, 0.717) is 0 Å². The van der Waals surface area contributed by atoms with Crippen molar-refractivity contribution in [2.45, 2.75) is 64.7 Å². The van der Waals surface area contributed by atoms with Gasteiger partial charge in [-0.3, -0.25) is 8.97 Å². The summed E-state index contributed by atoms with van der Waals surface area (Å²) in [5, 5.41) is 0. The summed E-state index contributed by atoms with van der Waals surface area (Å²) in [7, 11) is 13.9. The van der Waals surface area contributed by atoms with Crippen LogP contribution < -0.4 is 19.6 Å². The van der Waals surface area contributed by atoms with Gasteiger partial charge in [0.15, 0.2) is 12.3 Å². The van der Waals surface area contributed by atoms with Crippen LogP contribution in [0.5, 0.6) is 0 Å². The van der Waals surface area contributed by atoms with Crippen LogP contribution in [-0.4, -0.2) is 103 Å². The number of hydrogen-bond donors (Lipinski definition) is 1. The molecule has 280 valence electrons. The van der Waals surface area contributed by atoms with Crippen molar-refractivity contribution >= 4 is 28.5 Å². The first-order valence-corrected chi connectivity index (χ1v) is 19.8. The molecular weight excluding hydrogens is 637 g/mol. The monoisotopic (exact) mass is 707 g/mol. The molecule has 6 heteroatoms. The van der Waals surface area contributed by atoms with Gasteiger partial charge in [-0.05, 0) is 45.0 Å². The summed E-state index contributed by atoms with van der Waals surface area (Å²) >= 11 is 0. The fourth-order valence-electron chi connectivity index (χ4n) is 8.48.